The number of hydrogen-bond donors (Lipinski definition) is 2. The van der Waals surface area contributed by atoms with Crippen LogP contribution in [0.5, 0.6) is 11.5 Å². The smallest absolute Gasteiger partial charge is 0.307 e. The lowest BCUT2D eigenvalue weighted by molar-refractivity contribution is -0.140. The number of amides is 1. The lowest BCUT2D eigenvalue weighted by Gasteiger charge is -2.26. The second kappa shape index (κ2) is 5.19. The van der Waals surface area contributed by atoms with E-state index in [4.69, 9.17) is 14.6 Å². The normalized spacial score (nSPS) is 22.3. The first kappa shape index (κ1) is 14.7. The van der Waals surface area contributed by atoms with Crippen molar-refractivity contribution in [1.29, 1.82) is 0 Å². The predicted octanol–water partition coefficient (Wildman–Crippen LogP) is 1.53. The Kier molecular flexibility index (Phi) is 3.47. The number of ether oxygens (including phenoxy) is 2. The third-order valence-electron chi connectivity index (χ3n) is 4.30. The van der Waals surface area contributed by atoms with Crippen LogP contribution in [0.2, 0.25) is 0 Å². The van der Waals surface area contributed by atoms with E-state index in [1.807, 2.05) is 32.0 Å². The van der Waals surface area contributed by atoms with Crippen molar-refractivity contribution in [3.05, 3.63) is 23.8 Å². The molecule has 1 heterocycles. The van der Waals surface area contributed by atoms with Crippen molar-refractivity contribution in [3.63, 3.8) is 0 Å². The van der Waals surface area contributed by atoms with E-state index in [9.17, 15) is 9.59 Å². The average Bonchev–Trinajstić information content (AvgIpc) is 3.15. The zero-order valence-corrected chi connectivity index (χ0v) is 12.6. The minimum absolute atomic E-state index is 0.179. The summed E-state index contributed by atoms with van der Waals surface area (Å²) in [5.41, 5.74) is 0.743. The van der Waals surface area contributed by atoms with Gasteiger partial charge in [-0.1, -0.05) is 19.9 Å². The van der Waals surface area contributed by atoms with Crippen LogP contribution < -0.4 is 14.8 Å². The highest BCUT2D eigenvalue weighted by Crippen LogP contribution is 2.39. The van der Waals surface area contributed by atoms with Crippen LogP contribution in [0, 0.1) is 11.8 Å². The van der Waals surface area contributed by atoms with Gasteiger partial charge in [0.25, 0.3) is 0 Å². The standard InChI is InChI=1S/C16H19NO5/c1-16(2,7-17-14(18)10-6-11(10)15(19)20)9-3-4-12-13(5-9)22-8-21-12/h3-5,10-11H,6-8H2,1-2H3,(H,17,18)(H,19,20)/t10-,11-/m0/s1. The second-order valence-electron chi connectivity index (χ2n) is 6.46. The van der Waals surface area contributed by atoms with Crippen LogP contribution in [0.1, 0.15) is 25.8 Å². The third-order valence-corrected chi connectivity index (χ3v) is 4.30. The molecule has 6 nitrogen and oxygen atoms in total. The zero-order valence-electron chi connectivity index (χ0n) is 12.6. The Morgan fingerprint density at radius 3 is 2.68 bits per heavy atom. The van der Waals surface area contributed by atoms with Crippen molar-refractivity contribution in [3.8, 4) is 11.5 Å². The molecule has 1 amide bonds. The Balaban J connectivity index is 1.61. The molecule has 2 atom stereocenters. The van der Waals surface area contributed by atoms with Gasteiger partial charge in [0, 0.05) is 12.0 Å². The van der Waals surface area contributed by atoms with Gasteiger partial charge in [0.2, 0.25) is 12.7 Å². The summed E-state index contributed by atoms with van der Waals surface area (Å²) in [4.78, 5) is 22.8. The minimum atomic E-state index is -0.893. The summed E-state index contributed by atoms with van der Waals surface area (Å²) in [6.45, 7) is 4.71. The molecule has 0 spiro atoms. The fraction of sp³-hybridized carbons (Fsp3) is 0.500. The molecule has 2 N–H and O–H groups in total. The number of carbonyl (C=O) groups is 2. The quantitative estimate of drug-likeness (QED) is 0.862. The first-order valence-corrected chi connectivity index (χ1v) is 7.29. The van der Waals surface area contributed by atoms with Gasteiger partial charge in [0.05, 0.1) is 11.8 Å². The number of carbonyl (C=O) groups excluding carboxylic acids is 1. The summed E-state index contributed by atoms with van der Waals surface area (Å²) in [6.07, 6.45) is 0.436. The largest absolute Gasteiger partial charge is 0.481 e. The number of fused-ring (bicyclic) bond motifs is 1. The highest BCUT2D eigenvalue weighted by molar-refractivity contribution is 5.89. The Morgan fingerprint density at radius 1 is 1.27 bits per heavy atom. The first-order chi connectivity index (χ1) is 10.4. The molecule has 2 aliphatic rings. The molecule has 1 aromatic carbocycles. The van der Waals surface area contributed by atoms with Gasteiger partial charge < -0.3 is 19.9 Å². The van der Waals surface area contributed by atoms with Crippen LogP contribution >= 0.6 is 0 Å². The molecule has 6 heteroatoms. The monoisotopic (exact) mass is 305 g/mol. The summed E-state index contributed by atoms with van der Waals surface area (Å²) in [6, 6.07) is 5.74. The Morgan fingerprint density at radius 2 is 2.00 bits per heavy atom. The maximum atomic E-state index is 12.0. The van der Waals surface area contributed by atoms with E-state index in [0.717, 1.165) is 11.3 Å². The molecule has 0 unspecified atom stereocenters. The summed E-state index contributed by atoms with van der Waals surface area (Å²) in [5.74, 6) is -0.536. The summed E-state index contributed by atoms with van der Waals surface area (Å²) >= 11 is 0. The summed E-state index contributed by atoms with van der Waals surface area (Å²) in [5, 5.41) is 11.7. The van der Waals surface area contributed by atoms with Gasteiger partial charge in [-0.25, -0.2) is 0 Å². The van der Waals surface area contributed by atoms with Gasteiger partial charge >= 0.3 is 5.97 Å². The molecule has 1 aliphatic carbocycles. The van der Waals surface area contributed by atoms with Crippen LogP contribution in [0.25, 0.3) is 0 Å². The molecule has 0 saturated heterocycles. The number of carboxylic acids is 1. The minimum Gasteiger partial charge on any atom is -0.481 e. The molecule has 0 bridgehead atoms. The van der Waals surface area contributed by atoms with Crippen LogP contribution in [-0.4, -0.2) is 30.3 Å². The number of nitrogens with one attached hydrogen (secondary N) is 1. The molecule has 1 aromatic rings. The van der Waals surface area contributed by atoms with Crippen molar-refractivity contribution >= 4 is 11.9 Å². The molecule has 3 rings (SSSR count). The molecule has 22 heavy (non-hydrogen) atoms. The van der Waals surface area contributed by atoms with Crippen LogP contribution in [0.3, 0.4) is 0 Å². The lowest BCUT2D eigenvalue weighted by Crippen LogP contribution is -2.37. The van der Waals surface area contributed by atoms with Gasteiger partial charge in [-0.2, -0.15) is 0 Å². The first-order valence-electron chi connectivity index (χ1n) is 7.29. The van der Waals surface area contributed by atoms with Crippen molar-refractivity contribution in [2.24, 2.45) is 11.8 Å². The van der Waals surface area contributed by atoms with Crippen molar-refractivity contribution in [2.45, 2.75) is 25.7 Å². The van der Waals surface area contributed by atoms with Crippen molar-refractivity contribution < 1.29 is 24.2 Å². The molecule has 0 radical (unpaired) electrons. The Labute approximate surface area is 128 Å². The fourth-order valence-electron chi connectivity index (χ4n) is 2.62. The highest BCUT2D eigenvalue weighted by atomic mass is 16.7. The third kappa shape index (κ3) is 2.73. The average molecular weight is 305 g/mol. The number of rotatable bonds is 5. The van der Waals surface area contributed by atoms with Gasteiger partial charge in [0.15, 0.2) is 11.5 Å². The predicted molar refractivity (Wildman–Crippen MR) is 77.8 cm³/mol. The van der Waals surface area contributed by atoms with E-state index in [1.54, 1.807) is 0 Å². The van der Waals surface area contributed by atoms with Crippen LogP contribution in [0.4, 0.5) is 0 Å². The second-order valence-corrected chi connectivity index (χ2v) is 6.46. The van der Waals surface area contributed by atoms with E-state index >= 15 is 0 Å². The number of aliphatic carboxylic acids is 1. The van der Waals surface area contributed by atoms with Gasteiger partial charge in [-0.05, 0) is 24.1 Å². The molecular formula is C16H19NO5. The highest BCUT2D eigenvalue weighted by Gasteiger charge is 2.48. The molecule has 1 fully saturated rings. The number of carboxylic acid groups (broad SMARTS) is 1. The molecular weight excluding hydrogens is 286 g/mol. The Hall–Kier alpha value is -2.24. The number of benzene rings is 1. The molecule has 1 aliphatic heterocycles. The topological polar surface area (TPSA) is 84.9 Å². The fourth-order valence-corrected chi connectivity index (χ4v) is 2.62. The zero-order chi connectivity index (χ0) is 15.9. The lowest BCUT2D eigenvalue weighted by atomic mass is 9.84. The van der Waals surface area contributed by atoms with Crippen LogP contribution in [0.15, 0.2) is 18.2 Å². The van der Waals surface area contributed by atoms with E-state index in [1.165, 1.54) is 0 Å². The molecule has 118 valence electrons. The Bertz CT molecular complexity index is 625. The maximum absolute atomic E-state index is 12.0. The number of hydrogen-bond acceptors (Lipinski definition) is 4. The summed E-state index contributed by atoms with van der Waals surface area (Å²) < 4.78 is 10.7. The maximum Gasteiger partial charge on any atom is 0.307 e. The van der Waals surface area contributed by atoms with E-state index in [0.29, 0.717) is 18.7 Å². The molecule has 1 saturated carbocycles. The van der Waals surface area contributed by atoms with Crippen molar-refractivity contribution in [2.75, 3.05) is 13.3 Å². The molecule has 0 aromatic heterocycles. The SMILES string of the molecule is CC(C)(CNC(=O)[C@H]1C[C@@H]1C(=O)O)c1ccc2c(c1)OCO2. The van der Waals surface area contributed by atoms with E-state index in [-0.39, 0.29) is 24.0 Å². The van der Waals surface area contributed by atoms with E-state index in [2.05, 4.69) is 5.32 Å². The van der Waals surface area contributed by atoms with E-state index < -0.39 is 11.9 Å². The van der Waals surface area contributed by atoms with Crippen molar-refractivity contribution in [1.82, 2.24) is 5.32 Å². The van der Waals surface area contributed by atoms with Gasteiger partial charge in [-0.15, -0.1) is 0 Å². The van der Waals surface area contributed by atoms with Crippen LogP contribution in [-0.2, 0) is 15.0 Å². The summed E-state index contributed by atoms with van der Waals surface area (Å²) in [7, 11) is 0. The van der Waals surface area contributed by atoms with Gasteiger partial charge in [-0.3, -0.25) is 9.59 Å². The van der Waals surface area contributed by atoms with Gasteiger partial charge in [0.1, 0.15) is 0 Å².